The van der Waals surface area contributed by atoms with E-state index in [1.807, 2.05) is 24.3 Å². The van der Waals surface area contributed by atoms with Gasteiger partial charge in [-0.1, -0.05) is 12.1 Å². The number of aromatic nitrogens is 2. The standard InChI is InChI=1S/C21H21N5O4/c1-25-20(28)14-7-5-11-26(19(14)21(25)29)12-18(27)22-17-10-9-15(23-24-17)13-6-3-4-8-16(13)30-2/h3-4,6,8-10H,5,7,11-12H2,1-2H3,(H,22,24,27). The summed E-state index contributed by atoms with van der Waals surface area (Å²) in [6.45, 7) is 0.499. The number of nitrogens with one attached hydrogen (secondary N) is 1. The monoisotopic (exact) mass is 407 g/mol. The molecule has 1 aromatic carbocycles. The highest BCUT2D eigenvalue weighted by Crippen LogP contribution is 2.30. The van der Waals surface area contributed by atoms with Crippen LogP contribution in [-0.4, -0.2) is 65.0 Å². The zero-order chi connectivity index (χ0) is 21.3. The van der Waals surface area contributed by atoms with Crippen molar-refractivity contribution in [2.24, 2.45) is 0 Å². The van der Waals surface area contributed by atoms with E-state index in [1.54, 1.807) is 24.1 Å². The van der Waals surface area contributed by atoms with Gasteiger partial charge in [0, 0.05) is 24.7 Å². The lowest BCUT2D eigenvalue weighted by Crippen LogP contribution is -2.38. The summed E-state index contributed by atoms with van der Waals surface area (Å²) in [6.07, 6.45) is 1.27. The van der Waals surface area contributed by atoms with Gasteiger partial charge >= 0.3 is 0 Å². The molecule has 0 spiro atoms. The van der Waals surface area contributed by atoms with Crippen molar-refractivity contribution in [3.63, 3.8) is 0 Å². The van der Waals surface area contributed by atoms with E-state index in [0.29, 0.717) is 47.9 Å². The fourth-order valence-electron chi connectivity index (χ4n) is 3.71. The van der Waals surface area contributed by atoms with Gasteiger partial charge in [-0.25, -0.2) is 0 Å². The molecular weight excluding hydrogens is 386 g/mol. The molecule has 3 heterocycles. The van der Waals surface area contributed by atoms with Crippen LogP contribution < -0.4 is 10.1 Å². The van der Waals surface area contributed by atoms with Crippen molar-refractivity contribution in [3.05, 3.63) is 47.7 Å². The number of anilines is 1. The van der Waals surface area contributed by atoms with E-state index in [0.717, 1.165) is 10.5 Å². The van der Waals surface area contributed by atoms with E-state index in [2.05, 4.69) is 15.5 Å². The predicted molar refractivity (Wildman–Crippen MR) is 108 cm³/mol. The van der Waals surface area contributed by atoms with E-state index >= 15 is 0 Å². The maximum Gasteiger partial charge on any atom is 0.277 e. The summed E-state index contributed by atoms with van der Waals surface area (Å²) in [7, 11) is 3.04. The first-order valence-electron chi connectivity index (χ1n) is 9.57. The Morgan fingerprint density at radius 1 is 1.13 bits per heavy atom. The van der Waals surface area contributed by atoms with Gasteiger partial charge in [-0.05, 0) is 37.1 Å². The second-order valence-electron chi connectivity index (χ2n) is 7.07. The fourth-order valence-corrected chi connectivity index (χ4v) is 3.71. The summed E-state index contributed by atoms with van der Waals surface area (Å²) in [4.78, 5) is 39.8. The van der Waals surface area contributed by atoms with E-state index in [9.17, 15) is 14.4 Å². The average molecular weight is 407 g/mol. The number of nitrogens with zero attached hydrogens (tertiary/aromatic N) is 4. The molecule has 9 heteroatoms. The Bertz CT molecular complexity index is 1050. The highest BCUT2D eigenvalue weighted by atomic mass is 16.5. The molecule has 2 aromatic rings. The lowest BCUT2D eigenvalue weighted by Gasteiger charge is -2.28. The Hall–Kier alpha value is -3.75. The largest absolute Gasteiger partial charge is 0.496 e. The number of hydrogen-bond acceptors (Lipinski definition) is 7. The van der Waals surface area contributed by atoms with Crippen LogP contribution in [0.4, 0.5) is 5.82 Å². The third-order valence-electron chi connectivity index (χ3n) is 5.18. The number of benzene rings is 1. The Kier molecular flexibility index (Phi) is 5.18. The molecule has 30 heavy (non-hydrogen) atoms. The van der Waals surface area contributed by atoms with E-state index in [1.165, 1.54) is 7.05 Å². The van der Waals surface area contributed by atoms with Crippen LogP contribution in [0.5, 0.6) is 5.75 Å². The molecule has 0 aliphatic carbocycles. The summed E-state index contributed by atoms with van der Waals surface area (Å²) in [5.41, 5.74) is 2.24. The first-order valence-corrected chi connectivity index (χ1v) is 9.57. The van der Waals surface area contributed by atoms with Crippen LogP contribution in [0.15, 0.2) is 47.7 Å². The molecule has 1 aromatic heterocycles. The maximum atomic E-state index is 12.5. The summed E-state index contributed by atoms with van der Waals surface area (Å²) in [6, 6.07) is 10.9. The van der Waals surface area contributed by atoms with Crippen molar-refractivity contribution < 1.29 is 19.1 Å². The molecule has 0 saturated carbocycles. The molecule has 4 rings (SSSR count). The lowest BCUT2D eigenvalue weighted by atomic mass is 10.0. The van der Waals surface area contributed by atoms with Gasteiger partial charge in [0.25, 0.3) is 11.8 Å². The zero-order valence-electron chi connectivity index (χ0n) is 16.7. The van der Waals surface area contributed by atoms with Crippen LogP contribution in [0.2, 0.25) is 0 Å². The highest BCUT2D eigenvalue weighted by molar-refractivity contribution is 6.19. The molecule has 1 N–H and O–H groups in total. The number of likely N-dealkylation sites (N-methyl/N-ethyl adjacent to an activating group) is 1. The summed E-state index contributed by atoms with van der Waals surface area (Å²) < 4.78 is 5.34. The van der Waals surface area contributed by atoms with Crippen LogP contribution in [0.3, 0.4) is 0 Å². The first kappa shape index (κ1) is 19.6. The number of hydrogen-bond donors (Lipinski definition) is 1. The molecule has 154 valence electrons. The minimum atomic E-state index is -0.358. The van der Waals surface area contributed by atoms with Crippen LogP contribution >= 0.6 is 0 Å². The minimum Gasteiger partial charge on any atom is -0.496 e. The Labute approximate surface area is 173 Å². The van der Waals surface area contributed by atoms with Gasteiger partial charge in [0.15, 0.2) is 5.82 Å². The molecule has 0 saturated heterocycles. The van der Waals surface area contributed by atoms with Gasteiger partial charge in [0.1, 0.15) is 11.4 Å². The van der Waals surface area contributed by atoms with Gasteiger partial charge in [0.2, 0.25) is 5.91 Å². The first-order chi connectivity index (χ1) is 14.5. The lowest BCUT2D eigenvalue weighted by molar-refractivity contribution is -0.136. The van der Waals surface area contributed by atoms with Crippen molar-refractivity contribution in [2.45, 2.75) is 12.8 Å². The van der Waals surface area contributed by atoms with Gasteiger partial charge in [-0.3, -0.25) is 19.3 Å². The van der Waals surface area contributed by atoms with Crippen molar-refractivity contribution in [2.75, 3.05) is 32.6 Å². The number of methoxy groups -OCH3 is 1. The molecule has 0 radical (unpaired) electrons. The molecule has 2 aliphatic rings. The topological polar surface area (TPSA) is 105 Å². The highest BCUT2D eigenvalue weighted by Gasteiger charge is 2.40. The second-order valence-corrected chi connectivity index (χ2v) is 7.07. The molecule has 0 unspecified atom stereocenters. The summed E-state index contributed by atoms with van der Waals surface area (Å²) >= 11 is 0. The molecule has 0 atom stereocenters. The number of para-hydroxylation sites is 1. The molecule has 9 nitrogen and oxygen atoms in total. The fraction of sp³-hybridized carbons (Fsp3) is 0.286. The Morgan fingerprint density at radius 2 is 1.93 bits per heavy atom. The van der Waals surface area contributed by atoms with Gasteiger partial charge < -0.3 is 15.0 Å². The van der Waals surface area contributed by atoms with Gasteiger partial charge in [0.05, 0.1) is 19.3 Å². The van der Waals surface area contributed by atoms with Gasteiger partial charge in [-0.2, -0.15) is 0 Å². The van der Waals surface area contributed by atoms with Crippen LogP contribution in [0, 0.1) is 0 Å². The van der Waals surface area contributed by atoms with Crippen molar-refractivity contribution in [1.82, 2.24) is 20.0 Å². The smallest absolute Gasteiger partial charge is 0.277 e. The predicted octanol–water partition coefficient (Wildman–Crippen LogP) is 1.44. The number of carbonyl (C=O) groups excluding carboxylic acids is 3. The molecule has 0 fully saturated rings. The minimum absolute atomic E-state index is 0.0400. The Morgan fingerprint density at radius 3 is 2.67 bits per heavy atom. The molecule has 0 bridgehead atoms. The van der Waals surface area contributed by atoms with Crippen LogP contribution in [0.1, 0.15) is 12.8 Å². The number of amides is 3. The normalized spacial score (nSPS) is 16.1. The van der Waals surface area contributed by atoms with Crippen molar-refractivity contribution in [3.8, 4) is 17.0 Å². The number of imide groups is 1. The molecule has 2 aliphatic heterocycles. The number of carbonyl (C=O) groups is 3. The average Bonchev–Trinajstić information content (AvgIpc) is 2.99. The zero-order valence-corrected chi connectivity index (χ0v) is 16.7. The summed E-state index contributed by atoms with van der Waals surface area (Å²) in [5.74, 6) is 0.00793. The molecular formula is C21H21N5O4. The molecule has 3 amide bonds. The SMILES string of the molecule is COc1ccccc1-c1ccc(NC(=O)CN2CCCC3=C2C(=O)N(C)C3=O)nn1. The third kappa shape index (κ3) is 3.49. The quantitative estimate of drug-likeness (QED) is 0.748. The van der Waals surface area contributed by atoms with Gasteiger partial charge in [-0.15, -0.1) is 10.2 Å². The Balaban J connectivity index is 1.45. The third-order valence-corrected chi connectivity index (χ3v) is 5.18. The van der Waals surface area contributed by atoms with Crippen LogP contribution in [-0.2, 0) is 14.4 Å². The van der Waals surface area contributed by atoms with Crippen molar-refractivity contribution in [1.29, 1.82) is 0 Å². The maximum absolute atomic E-state index is 12.5. The van der Waals surface area contributed by atoms with Crippen molar-refractivity contribution >= 4 is 23.5 Å². The number of rotatable bonds is 5. The van der Waals surface area contributed by atoms with Crippen LogP contribution in [0.25, 0.3) is 11.3 Å². The second kappa shape index (κ2) is 7.94. The van der Waals surface area contributed by atoms with E-state index < -0.39 is 0 Å². The van der Waals surface area contributed by atoms with E-state index in [4.69, 9.17) is 4.74 Å². The van der Waals surface area contributed by atoms with E-state index in [-0.39, 0.29) is 24.3 Å². The summed E-state index contributed by atoms with van der Waals surface area (Å²) in [5, 5.41) is 10.9. The number of ether oxygens (including phenoxy) is 1.